The molecule has 0 saturated heterocycles. The third-order valence-electron chi connectivity index (χ3n) is 5.99. The topological polar surface area (TPSA) is 46.2 Å². The van der Waals surface area contributed by atoms with E-state index in [9.17, 15) is 14.0 Å². The number of carbonyl (C=O) groups is 2. The monoisotopic (exact) mass is 401 g/mol. The molecule has 0 spiro atoms. The number of allylic oxidation sites excluding steroid dienone is 4. The molecule has 0 amide bonds. The second-order valence-corrected chi connectivity index (χ2v) is 10.3. The van der Waals surface area contributed by atoms with Crippen LogP contribution in [0.25, 0.3) is 0 Å². The molecule has 0 saturated carbocycles. The molecule has 0 atom stereocenters. The van der Waals surface area contributed by atoms with Crippen molar-refractivity contribution in [2.45, 2.75) is 59.3 Å². The molecule has 0 fully saturated rings. The van der Waals surface area contributed by atoms with Gasteiger partial charge in [0.2, 0.25) is 0 Å². The third-order valence-corrected chi connectivity index (χ3v) is 6.32. The number of dihydropyridines is 1. The number of halogens is 2. The minimum absolute atomic E-state index is 0.0355. The summed E-state index contributed by atoms with van der Waals surface area (Å²) in [7, 11) is 0. The van der Waals surface area contributed by atoms with Gasteiger partial charge in [0.15, 0.2) is 11.6 Å². The van der Waals surface area contributed by atoms with Crippen LogP contribution in [0.5, 0.6) is 0 Å². The maximum Gasteiger partial charge on any atom is 0.162 e. The van der Waals surface area contributed by atoms with E-state index < -0.39 is 11.7 Å². The predicted molar refractivity (Wildman–Crippen MR) is 107 cm³/mol. The summed E-state index contributed by atoms with van der Waals surface area (Å²) in [6, 6.07) is 4.22. The molecule has 0 radical (unpaired) electrons. The van der Waals surface area contributed by atoms with Crippen molar-refractivity contribution < 1.29 is 14.0 Å². The molecule has 1 aromatic carbocycles. The summed E-state index contributed by atoms with van der Waals surface area (Å²) >= 11 is 6.40. The lowest BCUT2D eigenvalue weighted by Crippen LogP contribution is -2.42. The van der Waals surface area contributed by atoms with E-state index >= 15 is 0 Å². The van der Waals surface area contributed by atoms with Crippen LogP contribution in [0.4, 0.5) is 4.39 Å². The van der Waals surface area contributed by atoms with Gasteiger partial charge in [0.25, 0.3) is 0 Å². The SMILES string of the molecule is CC1(C)CC(=O)C2=C(C1)NC1=C(C(=O)CC(C)(C)C1)C2c1ccc(F)cc1Cl. The van der Waals surface area contributed by atoms with Crippen LogP contribution in [-0.4, -0.2) is 11.6 Å². The minimum atomic E-state index is -0.522. The molecular weight excluding hydrogens is 377 g/mol. The number of nitrogens with one attached hydrogen (secondary N) is 1. The van der Waals surface area contributed by atoms with Gasteiger partial charge in [0.05, 0.1) is 0 Å². The molecule has 0 bridgehead atoms. The summed E-state index contributed by atoms with van der Waals surface area (Å²) in [5.74, 6) is -0.883. The molecule has 28 heavy (non-hydrogen) atoms. The summed E-state index contributed by atoms with van der Waals surface area (Å²) < 4.78 is 13.7. The standard InChI is InChI=1S/C23H25ClFNO2/c1-22(2)8-15-20(17(27)10-22)19(13-6-5-12(25)7-14(13)24)21-16(26-15)9-23(3,4)11-18(21)28/h5-7,19,26H,8-11H2,1-4H3. The first-order chi connectivity index (χ1) is 13.0. The van der Waals surface area contributed by atoms with Crippen molar-refractivity contribution in [1.82, 2.24) is 5.32 Å². The highest BCUT2D eigenvalue weighted by atomic mass is 35.5. The lowest BCUT2D eigenvalue weighted by Gasteiger charge is -2.44. The Morgan fingerprint density at radius 2 is 1.43 bits per heavy atom. The van der Waals surface area contributed by atoms with Crippen LogP contribution in [0.2, 0.25) is 5.02 Å². The predicted octanol–water partition coefficient (Wildman–Crippen LogP) is 5.45. The van der Waals surface area contributed by atoms with Crippen molar-refractivity contribution in [2.75, 3.05) is 0 Å². The van der Waals surface area contributed by atoms with E-state index in [1.807, 2.05) is 0 Å². The van der Waals surface area contributed by atoms with E-state index in [4.69, 9.17) is 11.6 Å². The number of hydrogen-bond acceptors (Lipinski definition) is 3. The summed E-state index contributed by atoms with van der Waals surface area (Å²) in [6.45, 7) is 8.32. The van der Waals surface area contributed by atoms with Gasteiger partial charge in [-0.05, 0) is 41.4 Å². The molecule has 3 aliphatic rings. The number of ketones is 2. The zero-order chi connectivity index (χ0) is 20.4. The first-order valence-corrected chi connectivity index (χ1v) is 10.1. The first kappa shape index (κ1) is 19.4. The maximum atomic E-state index is 13.7. The molecular formula is C23H25ClFNO2. The second-order valence-electron chi connectivity index (χ2n) is 9.89. The third kappa shape index (κ3) is 3.22. The largest absolute Gasteiger partial charge is 0.362 e. The Bertz CT molecular complexity index is 919. The summed E-state index contributed by atoms with van der Waals surface area (Å²) in [5.41, 5.74) is 3.36. The number of benzene rings is 1. The quantitative estimate of drug-likeness (QED) is 0.680. The van der Waals surface area contributed by atoms with Gasteiger partial charge in [-0.2, -0.15) is 0 Å². The fourth-order valence-electron chi connectivity index (χ4n) is 4.94. The highest BCUT2D eigenvalue weighted by Gasteiger charge is 2.46. The Kier molecular flexibility index (Phi) is 4.35. The fourth-order valence-corrected chi connectivity index (χ4v) is 5.21. The van der Waals surface area contributed by atoms with Crippen molar-refractivity contribution >= 4 is 23.2 Å². The van der Waals surface area contributed by atoms with E-state index in [0.29, 0.717) is 29.6 Å². The maximum absolute atomic E-state index is 13.7. The van der Waals surface area contributed by atoms with Crippen LogP contribution in [-0.2, 0) is 9.59 Å². The molecule has 3 nitrogen and oxygen atoms in total. The molecule has 1 N–H and O–H groups in total. The van der Waals surface area contributed by atoms with Gasteiger partial charge < -0.3 is 5.32 Å². The van der Waals surface area contributed by atoms with Gasteiger partial charge in [-0.3, -0.25) is 9.59 Å². The van der Waals surface area contributed by atoms with Crippen molar-refractivity contribution in [3.05, 3.63) is 57.1 Å². The molecule has 1 aliphatic heterocycles. The van der Waals surface area contributed by atoms with E-state index in [1.54, 1.807) is 6.07 Å². The normalized spacial score (nSPS) is 24.1. The Balaban J connectivity index is 1.94. The average Bonchev–Trinajstić information content (AvgIpc) is 2.50. The van der Waals surface area contributed by atoms with Crippen LogP contribution < -0.4 is 5.32 Å². The lowest BCUT2D eigenvalue weighted by atomic mass is 9.64. The number of carbonyl (C=O) groups excluding carboxylic acids is 2. The number of hydrogen-bond donors (Lipinski definition) is 1. The Morgan fingerprint density at radius 3 is 1.89 bits per heavy atom. The summed E-state index contributed by atoms with van der Waals surface area (Å²) in [4.78, 5) is 26.3. The molecule has 4 rings (SSSR count). The molecule has 1 aromatic rings. The minimum Gasteiger partial charge on any atom is -0.362 e. The van der Waals surface area contributed by atoms with Crippen molar-refractivity contribution in [2.24, 2.45) is 10.8 Å². The van der Waals surface area contributed by atoms with E-state index in [-0.39, 0.29) is 27.4 Å². The van der Waals surface area contributed by atoms with E-state index in [2.05, 4.69) is 33.0 Å². The van der Waals surface area contributed by atoms with Gasteiger partial charge in [0.1, 0.15) is 5.82 Å². The zero-order valence-corrected chi connectivity index (χ0v) is 17.5. The smallest absolute Gasteiger partial charge is 0.162 e. The highest BCUT2D eigenvalue weighted by molar-refractivity contribution is 6.31. The van der Waals surface area contributed by atoms with Crippen LogP contribution in [0, 0.1) is 16.6 Å². The van der Waals surface area contributed by atoms with Crippen LogP contribution in [0.1, 0.15) is 64.9 Å². The van der Waals surface area contributed by atoms with Crippen LogP contribution >= 0.6 is 11.6 Å². The fraction of sp³-hybridized carbons (Fsp3) is 0.478. The van der Waals surface area contributed by atoms with E-state index in [0.717, 1.165) is 24.2 Å². The molecule has 148 valence electrons. The number of rotatable bonds is 1. The molecule has 0 unspecified atom stereocenters. The average molecular weight is 402 g/mol. The molecule has 5 heteroatoms. The molecule has 1 heterocycles. The van der Waals surface area contributed by atoms with Crippen LogP contribution in [0.3, 0.4) is 0 Å². The van der Waals surface area contributed by atoms with Gasteiger partial charge in [-0.15, -0.1) is 0 Å². The van der Waals surface area contributed by atoms with E-state index in [1.165, 1.54) is 12.1 Å². The summed E-state index contributed by atoms with van der Waals surface area (Å²) in [6.07, 6.45) is 2.31. The van der Waals surface area contributed by atoms with Crippen molar-refractivity contribution in [3.63, 3.8) is 0 Å². The molecule has 0 aromatic heterocycles. The first-order valence-electron chi connectivity index (χ1n) is 9.72. The summed E-state index contributed by atoms with van der Waals surface area (Å²) in [5, 5.41) is 3.71. The number of Topliss-reactive ketones (excluding diaryl/α,β-unsaturated/α-hetero) is 2. The second kappa shape index (κ2) is 6.28. The Morgan fingerprint density at radius 1 is 0.929 bits per heavy atom. The zero-order valence-electron chi connectivity index (χ0n) is 16.7. The molecule has 2 aliphatic carbocycles. The van der Waals surface area contributed by atoms with Gasteiger partial charge in [0, 0.05) is 46.3 Å². The van der Waals surface area contributed by atoms with Crippen LogP contribution in [0.15, 0.2) is 40.7 Å². The Hall–Kier alpha value is -1.94. The van der Waals surface area contributed by atoms with Gasteiger partial charge >= 0.3 is 0 Å². The lowest BCUT2D eigenvalue weighted by molar-refractivity contribution is -0.119. The van der Waals surface area contributed by atoms with Gasteiger partial charge in [-0.1, -0.05) is 45.4 Å². The highest BCUT2D eigenvalue weighted by Crippen LogP contribution is 2.51. The van der Waals surface area contributed by atoms with Gasteiger partial charge in [-0.25, -0.2) is 4.39 Å². The van der Waals surface area contributed by atoms with Crippen molar-refractivity contribution in [3.8, 4) is 0 Å². The van der Waals surface area contributed by atoms with Crippen molar-refractivity contribution in [1.29, 1.82) is 0 Å². The Labute approximate surface area is 170 Å².